The second-order valence-electron chi connectivity index (χ2n) is 10.0. The number of urea groups is 1. The van der Waals surface area contributed by atoms with E-state index in [0.717, 1.165) is 29.0 Å². The molecule has 2 fully saturated rings. The molecule has 4 rings (SSSR count). The Kier molecular flexibility index (Phi) is 5.27. The first-order valence-corrected chi connectivity index (χ1v) is 10.9. The van der Waals surface area contributed by atoms with Crippen LogP contribution in [0.1, 0.15) is 58.4 Å². The van der Waals surface area contributed by atoms with Crippen LogP contribution in [-0.4, -0.2) is 40.7 Å². The van der Waals surface area contributed by atoms with E-state index in [1.54, 1.807) is 12.1 Å². The normalized spacial score (nSPS) is 25.8. The number of aryl methyl sites for hydroxylation is 1. The highest BCUT2D eigenvalue weighted by Gasteiger charge is 2.53. The first-order valence-electron chi connectivity index (χ1n) is 10.9. The molecule has 3 N–H and O–H groups in total. The molecule has 0 unspecified atom stereocenters. The number of fused-ring (bicyclic) bond motifs is 1. The highest BCUT2D eigenvalue weighted by Crippen LogP contribution is 2.43. The van der Waals surface area contributed by atoms with Gasteiger partial charge in [0.1, 0.15) is 12.1 Å². The third kappa shape index (κ3) is 4.16. The number of carbonyl (C=O) groups is 4. The largest absolute Gasteiger partial charge is 0.326 e. The third-order valence-electron chi connectivity index (χ3n) is 6.90. The lowest BCUT2D eigenvalue weighted by Crippen LogP contribution is -2.50. The molecular weight excluding hydrogens is 396 g/mol. The lowest BCUT2D eigenvalue weighted by atomic mass is 9.67. The molecule has 2 aliphatic heterocycles. The van der Waals surface area contributed by atoms with E-state index in [1.807, 2.05) is 6.07 Å². The van der Waals surface area contributed by atoms with Crippen LogP contribution in [0.5, 0.6) is 0 Å². The van der Waals surface area contributed by atoms with Gasteiger partial charge < -0.3 is 16.0 Å². The monoisotopic (exact) mass is 426 g/mol. The average molecular weight is 427 g/mol. The quantitative estimate of drug-likeness (QED) is 0.646. The molecule has 0 radical (unpaired) electrons. The number of amides is 5. The highest BCUT2D eigenvalue weighted by atomic mass is 16.2. The van der Waals surface area contributed by atoms with Gasteiger partial charge in [0, 0.05) is 17.8 Å². The molecule has 1 aromatic rings. The summed E-state index contributed by atoms with van der Waals surface area (Å²) in [5.41, 5.74) is 1.57. The van der Waals surface area contributed by atoms with Gasteiger partial charge in [0.25, 0.3) is 5.91 Å². The predicted molar refractivity (Wildman–Crippen MR) is 116 cm³/mol. The molecule has 166 valence electrons. The summed E-state index contributed by atoms with van der Waals surface area (Å²) in [4.78, 5) is 50.7. The lowest BCUT2D eigenvalue weighted by Gasteiger charge is -2.40. The molecule has 5 amide bonds. The van der Waals surface area contributed by atoms with E-state index in [-0.39, 0.29) is 23.8 Å². The van der Waals surface area contributed by atoms with Crippen LogP contribution in [0.2, 0.25) is 0 Å². The Morgan fingerprint density at radius 1 is 1.16 bits per heavy atom. The molecule has 3 aliphatic rings. The molecule has 1 spiro atoms. The predicted octanol–water partition coefficient (Wildman–Crippen LogP) is 3.04. The summed E-state index contributed by atoms with van der Waals surface area (Å²) in [6, 6.07) is 4.76. The van der Waals surface area contributed by atoms with Crippen LogP contribution in [0.25, 0.3) is 0 Å². The van der Waals surface area contributed by atoms with E-state index in [0.29, 0.717) is 37.3 Å². The van der Waals surface area contributed by atoms with Gasteiger partial charge in [-0.2, -0.15) is 0 Å². The fraction of sp³-hybridized carbons (Fsp3) is 0.565. The highest BCUT2D eigenvalue weighted by molar-refractivity contribution is 6.10. The second kappa shape index (κ2) is 7.66. The molecule has 8 nitrogen and oxygen atoms in total. The van der Waals surface area contributed by atoms with Gasteiger partial charge in [-0.3, -0.25) is 19.3 Å². The summed E-state index contributed by atoms with van der Waals surface area (Å²) in [6.45, 7) is 6.30. The fourth-order valence-corrected chi connectivity index (χ4v) is 4.94. The topological polar surface area (TPSA) is 108 Å². The van der Waals surface area contributed by atoms with Gasteiger partial charge >= 0.3 is 6.03 Å². The number of rotatable bonds is 3. The Labute approximate surface area is 182 Å². The molecule has 31 heavy (non-hydrogen) atoms. The van der Waals surface area contributed by atoms with Crippen LogP contribution in [0, 0.1) is 11.3 Å². The van der Waals surface area contributed by atoms with Crippen molar-refractivity contribution in [2.75, 3.05) is 17.2 Å². The SMILES string of the molecule is CC(C)(C)C1CCC2(CC1)NC(=O)N(CC(=O)Nc1ccc3c(c1)CCC(=O)N3)C2=O. The van der Waals surface area contributed by atoms with E-state index in [2.05, 4.69) is 36.7 Å². The molecule has 1 saturated heterocycles. The van der Waals surface area contributed by atoms with Crippen molar-refractivity contribution in [2.45, 2.75) is 64.8 Å². The van der Waals surface area contributed by atoms with Crippen molar-refractivity contribution in [3.8, 4) is 0 Å². The van der Waals surface area contributed by atoms with Crippen LogP contribution in [-0.2, 0) is 20.8 Å². The van der Waals surface area contributed by atoms with Crippen molar-refractivity contribution in [3.05, 3.63) is 23.8 Å². The second-order valence-corrected chi connectivity index (χ2v) is 10.0. The summed E-state index contributed by atoms with van der Waals surface area (Å²) in [5, 5.41) is 8.44. The van der Waals surface area contributed by atoms with Gasteiger partial charge in [-0.05, 0) is 67.2 Å². The Bertz CT molecular complexity index is 941. The van der Waals surface area contributed by atoms with Gasteiger partial charge in [0.15, 0.2) is 0 Å². The van der Waals surface area contributed by atoms with Crippen LogP contribution in [0.4, 0.5) is 16.2 Å². The minimum absolute atomic E-state index is 0.0201. The van der Waals surface area contributed by atoms with Crippen molar-refractivity contribution < 1.29 is 19.2 Å². The van der Waals surface area contributed by atoms with E-state index < -0.39 is 17.5 Å². The summed E-state index contributed by atoms with van der Waals surface area (Å²) >= 11 is 0. The summed E-state index contributed by atoms with van der Waals surface area (Å²) in [5.74, 6) is -0.237. The average Bonchev–Trinajstić information content (AvgIpc) is 2.92. The van der Waals surface area contributed by atoms with Crippen molar-refractivity contribution >= 4 is 35.1 Å². The van der Waals surface area contributed by atoms with Crippen molar-refractivity contribution in [3.63, 3.8) is 0 Å². The number of hydrogen-bond donors (Lipinski definition) is 3. The molecule has 2 heterocycles. The Balaban J connectivity index is 1.38. The lowest BCUT2D eigenvalue weighted by molar-refractivity contribution is -0.135. The van der Waals surface area contributed by atoms with Gasteiger partial charge in [-0.25, -0.2) is 4.79 Å². The molecule has 1 saturated carbocycles. The summed E-state index contributed by atoms with van der Waals surface area (Å²) in [6.07, 6.45) is 3.98. The number of nitrogens with one attached hydrogen (secondary N) is 3. The number of hydrogen-bond acceptors (Lipinski definition) is 4. The molecule has 1 aromatic carbocycles. The minimum atomic E-state index is -0.872. The number of benzene rings is 1. The number of carbonyl (C=O) groups excluding carboxylic acids is 4. The third-order valence-corrected chi connectivity index (χ3v) is 6.90. The Hall–Kier alpha value is -2.90. The molecule has 8 heteroatoms. The minimum Gasteiger partial charge on any atom is -0.326 e. The van der Waals surface area contributed by atoms with E-state index in [4.69, 9.17) is 0 Å². The molecule has 0 aromatic heterocycles. The van der Waals surface area contributed by atoms with Crippen LogP contribution >= 0.6 is 0 Å². The number of anilines is 2. The Morgan fingerprint density at radius 2 is 1.87 bits per heavy atom. The summed E-state index contributed by atoms with van der Waals surface area (Å²) in [7, 11) is 0. The first kappa shape index (κ1) is 21.3. The molecule has 0 atom stereocenters. The van der Waals surface area contributed by atoms with Crippen LogP contribution in [0.3, 0.4) is 0 Å². The van der Waals surface area contributed by atoms with Gasteiger partial charge in [-0.15, -0.1) is 0 Å². The van der Waals surface area contributed by atoms with Gasteiger partial charge in [0.2, 0.25) is 11.8 Å². The Morgan fingerprint density at radius 3 is 2.55 bits per heavy atom. The zero-order chi connectivity index (χ0) is 22.4. The molecule has 0 bridgehead atoms. The standard InChI is InChI=1S/C23H30N4O4/c1-22(2,3)15-8-10-23(11-9-15)20(30)27(21(31)26-23)13-19(29)24-16-5-6-17-14(12-16)4-7-18(28)25-17/h5-6,12,15H,4,7-11,13H2,1-3H3,(H,24,29)(H,25,28)(H,26,31). The van der Waals surface area contributed by atoms with Crippen LogP contribution < -0.4 is 16.0 Å². The maximum absolute atomic E-state index is 13.1. The zero-order valence-corrected chi connectivity index (χ0v) is 18.3. The first-order chi connectivity index (χ1) is 14.6. The summed E-state index contributed by atoms with van der Waals surface area (Å²) < 4.78 is 0. The number of nitrogens with zero attached hydrogens (tertiary/aromatic N) is 1. The van der Waals surface area contributed by atoms with Crippen molar-refractivity contribution in [2.24, 2.45) is 11.3 Å². The number of imide groups is 1. The van der Waals surface area contributed by atoms with Crippen molar-refractivity contribution in [1.29, 1.82) is 0 Å². The van der Waals surface area contributed by atoms with Gasteiger partial charge in [0.05, 0.1) is 0 Å². The van der Waals surface area contributed by atoms with E-state index in [1.165, 1.54) is 0 Å². The maximum atomic E-state index is 13.1. The maximum Gasteiger partial charge on any atom is 0.325 e. The van der Waals surface area contributed by atoms with Crippen molar-refractivity contribution in [1.82, 2.24) is 10.2 Å². The molecule has 1 aliphatic carbocycles. The fourth-order valence-electron chi connectivity index (χ4n) is 4.94. The van der Waals surface area contributed by atoms with Crippen LogP contribution in [0.15, 0.2) is 18.2 Å². The van der Waals surface area contributed by atoms with E-state index >= 15 is 0 Å². The van der Waals surface area contributed by atoms with Gasteiger partial charge in [-0.1, -0.05) is 20.8 Å². The smallest absolute Gasteiger partial charge is 0.325 e. The zero-order valence-electron chi connectivity index (χ0n) is 18.3. The van der Waals surface area contributed by atoms with E-state index in [9.17, 15) is 19.2 Å². The molecular formula is C23H30N4O4.